The van der Waals surface area contributed by atoms with Crippen LogP contribution in [-0.4, -0.2) is 18.4 Å². The maximum atomic E-state index is 12.1. The number of furan rings is 1. The van der Waals surface area contributed by atoms with Gasteiger partial charge in [0.25, 0.3) is 11.8 Å². The molecule has 2 N–H and O–H groups in total. The van der Waals surface area contributed by atoms with E-state index in [1.165, 1.54) is 0 Å². The van der Waals surface area contributed by atoms with Gasteiger partial charge in [-0.05, 0) is 57.9 Å². The predicted molar refractivity (Wildman–Crippen MR) is 89.9 cm³/mol. The normalized spacial score (nSPS) is 10.4. The summed E-state index contributed by atoms with van der Waals surface area (Å²) >= 11 is 0. The monoisotopic (exact) mass is 330 g/mol. The van der Waals surface area contributed by atoms with Gasteiger partial charge in [-0.25, -0.2) is 0 Å². The van der Waals surface area contributed by atoms with Gasteiger partial charge < -0.3 is 9.15 Å². The Hall–Kier alpha value is -2.76. The summed E-state index contributed by atoms with van der Waals surface area (Å²) in [6.07, 6.45) is 0. The molecule has 24 heavy (non-hydrogen) atoms. The molecule has 0 aliphatic heterocycles. The van der Waals surface area contributed by atoms with Crippen molar-refractivity contribution in [3.05, 3.63) is 52.0 Å². The molecule has 0 atom stereocenters. The minimum atomic E-state index is -0.447. The van der Waals surface area contributed by atoms with E-state index in [-0.39, 0.29) is 6.61 Å². The van der Waals surface area contributed by atoms with Crippen LogP contribution in [0.25, 0.3) is 0 Å². The van der Waals surface area contributed by atoms with Gasteiger partial charge in [-0.1, -0.05) is 6.07 Å². The highest BCUT2D eigenvalue weighted by atomic mass is 16.5. The number of ether oxygens (including phenoxy) is 1. The van der Waals surface area contributed by atoms with Crippen LogP contribution >= 0.6 is 0 Å². The van der Waals surface area contributed by atoms with Crippen LogP contribution in [0.15, 0.2) is 22.6 Å². The standard InChI is InChI=1S/C18H22N2O4/c1-10-6-7-15(8-11(10)2)23-9-16(21)19-20-18(22)17-12(3)13(4)24-14(17)5/h6-8H,9H2,1-5H3,(H,19,21)(H,20,22). The molecule has 0 spiro atoms. The molecule has 0 aliphatic rings. The maximum absolute atomic E-state index is 12.1. The van der Waals surface area contributed by atoms with Crippen molar-refractivity contribution in [2.75, 3.05) is 6.61 Å². The molecule has 0 saturated carbocycles. The van der Waals surface area contributed by atoms with Gasteiger partial charge in [-0.15, -0.1) is 0 Å². The Bertz CT molecular complexity index is 778. The van der Waals surface area contributed by atoms with Crippen LogP contribution in [-0.2, 0) is 4.79 Å². The summed E-state index contributed by atoms with van der Waals surface area (Å²) in [5.41, 5.74) is 8.13. The molecule has 6 nitrogen and oxygen atoms in total. The molecule has 0 saturated heterocycles. The van der Waals surface area contributed by atoms with Gasteiger partial charge in [0.1, 0.15) is 17.3 Å². The van der Waals surface area contributed by atoms with Crippen molar-refractivity contribution in [1.82, 2.24) is 10.9 Å². The number of nitrogens with one attached hydrogen (secondary N) is 2. The van der Waals surface area contributed by atoms with Crippen molar-refractivity contribution in [2.24, 2.45) is 0 Å². The van der Waals surface area contributed by atoms with Crippen LogP contribution in [0.5, 0.6) is 5.75 Å². The summed E-state index contributed by atoms with van der Waals surface area (Å²) in [5.74, 6) is 0.945. The number of rotatable bonds is 4. The fourth-order valence-electron chi connectivity index (χ4n) is 2.31. The fourth-order valence-corrected chi connectivity index (χ4v) is 2.31. The number of carbonyl (C=O) groups is 2. The first kappa shape index (κ1) is 17.6. The number of amides is 2. The lowest BCUT2D eigenvalue weighted by molar-refractivity contribution is -0.123. The second-order valence-corrected chi connectivity index (χ2v) is 5.75. The average molecular weight is 330 g/mol. The van der Waals surface area contributed by atoms with Gasteiger partial charge in [0.2, 0.25) is 0 Å². The first-order valence-electron chi connectivity index (χ1n) is 7.65. The van der Waals surface area contributed by atoms with E-state index in [0.29, 0.717) is 22.8 Å². The molecule has 1 aromatic heterocycles. The molecule has 1 heterocycles. The van der Waals surface area contributed by atoms with Crippen LogP contribution in [0.2, 0.25) is 0 Å². The van der Waals surface area contributed by atoms with E-state index in [2.05, 4.69) is 10.9 Å². The highest BCUT2D eigenvalue weighted by Gasteiger charge is 2.18. The van der Waals surface area contributed by atoms with E-state index >= 15 is 0 Å². The summed E-state index contributed by atoms with van der Waals surface area (Å²) in [7, 11) is 0. The lowest BCUT2D eigenvalue weighted by Gasteiger charge is -2.10. The zero-order valence-corrected chi connectivity index (χ0v) is 14.6. The molecule has 2 rings (SSSR count). The van der Waals surface area contributed by atoms with E-state index in [9.17, 15) is 9.59 Å². The largest absolute Gasteiger partial charge is 0.484 e. The lowest BCUT2D eigenvalue weighted by Crippen LogP contribution is -2.44. The average Bonchev–Trinajstić information content (AvgIpc) is 2.79. The molecular weight excluding hydrogens is 308 g/mol. The summed E-state index contributed by atoms with van der Waals surface area (Å²) in [5, 5.41) is 0. The third kappa shape index (κ3) is 3.95. The Morgan fingerprint density at radius 1 is 1.00 bits per heavy atom. The number of aryl methyl sites for hydroxylation is 4. The van der Waals surface area contributed by atoms with Crippen molar-refractivity contribution < 1.29 is 18.7 Å². The Morgan fingerprint density at radius 2 is 1.71 bits per heavy atom. The summed E-state index contributed by atoms with van der Waals surface area (Å²) in [6.45, 7) is 9.08. The fraction of sp³-hybridized carbons (Fsp3) is 0.333. The molecule has 2 aromatic rings. The zero-order chi connectivity index (χ0) is 17.9. The van der Waals surface area contributed by atoms with Gasteiger partial charge in [0.05, 0.1) is 5.56 Å². The third-order valence-corrected chi connectivity index (χ3v) is 3.95. The quantitative estimate of drug-likeness (QED) is 0.845. The van der Waals surface area contributed by atoms with E-state index in [0.717, 1.165) is 16.7 Å². The Kier molecular flexibility index (Phi) is 5.28. The number of hydrogen-bond acceptors (Lipinski definition) is 4. The molecule has 0 bridgehead atoms. The van der Waals surface area contributed by atoms with E-state index < -0.39 is 11.8 Å². The van der Waals surface area contributed by atoms with Gasteiger partial charge in [-0.3, -0.25) is 20.4 Å². The van der Waals surface area contributed by atoms with E-state index in [4.69, 9.17) is 9.15 Å². The van der Waals surface area contributed by atoms with Crippen molar-refractivity contribution in [1.29, 1.82) is 0 Å². The van der Waals surface area contributed by atoms with Crippen LogP contribution in [0.4, 0.5) is 0 Å². The summed E-state index contributed by atoms with van der Waals surface area (Å²) in [6, 6.07) is 5.59. The van der Waals surface area contributed by atoms with Crippen LogP contribution < -0.4 is 15.6 Å². The number of carbonyl (C=O) groups excluding carboxylic acids is 2. The second kappa shape index (κ2) is 7.21. The Labute approximate surface area is 141 Å². The molecule has 1 aromatic carbocycles. The molecule has 6 heteroatoms. The smallest absolute Gasteiger partial charge is 0.276 e. The summed E-state index contributed by atoms with van der Waals surface area (Å²) < 4.78 is 10.8. The minimum Gasteiger partial charge on any atom is -0.484 e. The second-order valence-electron chi connectivity index (χ2n) is 5.75. The van der Waals surface area contributed by atoms with Crippen molar-refractivity contribution >= 4 is 11.8 Å². The first-order chi connectivity index (χ1) is 11.3. The Balaban J connectivity index is 1.86. The topological polar surface area (TPSA) is 80.6 Å². The third-order valence-electron chi connectivity index (χ3n) is 3.95. The molecule has 0 fully saturated rings. The molecule has 2 amide bonds. The molecule has 128 valence electrons. The van der Waals surface area contributed by atoms with E-state index in [1.54, 1.807) is 26.8 Å². The number of hydrogen-bond donors (Lipinski definition) is 2. The van der Waals surface area contributed by atoms with Crippen molar-refractivity contribution in [2.45, 2.75) is 34.6 Å². The SMILES string of the molecule is Cc1ccc(OCC(=O)NNC(=O)c2c(C)oc(C)c2C)cc1C. The molecule has 0 radical (unpaired) electrons. The number of benzene rings is 1. The zero-order valence-electron chi connectivity index (χ0n) is 14.6. The van der Waals surface area contributed by atoms with Gasteiger partial charge >= 0.3 is 0 Å². The van der Waals surface area contributed by atoms with E-state index in [1.807, 2.05) is 26.0 Å². The highest BCUT2D eigenvalue weighted by Crippen LogP contribution is 2.20. The van der Waals surface area contributed by atoms with Gasteiger partial charge in [0.15, 0.2) is 6.61 Å². The Morgan fingerprint density at radius 3 is 2.29 bits per heavy atom. The predicted octanol–water partition coefficient (Wildman–Crippen LogP) is 2.66. The van der Waals surface area contributed by atoms with Crippen LogP contribution in [0, 0.1) is 34.6 Å². The first-order valence-corrected chi connectivity index (χ1v) is 7.65. The van der Waals surface area contributed by atoms with Gasteiger partial charge in [0, 0.05) is 5.56 Å². The number of hydrazine groups is 1. The molecule has 0 aliphatic carbocycles. The summed E-state index contributed by atoms with van der Waals surface area (Å²) in [4.78, 5) is 23.9. The van der Waals surface area contributed by atoms with Crippen molar-refractivity contribution in [3.63, 3.8) is 0 Å². The molecule has 0 unspecified atom stereocenters. The maximum Gasteiger partial charge on any atom is 0.276 e. The lowest BCUT2D eigenvalue weighted by atomic mass is 10.1. The van der Waals surface area contributed by atoms with Crippen LogP contribution in [0.3, 0.4) is 0 Å². The highest BCUT2D eigenvalue weighted by molar-refractivity contribution is 5.97. The van der Waals surface area contributed by atoms with Gasteiger partial charge in [-0.2, -0.15) is 0 Å². The molecular formula is C18H22N2O4. The van der Waals surface area contributed by atoms with Crippen LogP contribution in [0.1, 0.15) is 38.6 Å². The van der Waals surface area contributed by atoms with Crippen molar-refractivity contribution in [3.8, 4) is 5.75 Å². The minimum absolute atomic E-state index is 0.189.